The minimum Gasteiger partial charge on any atom is -0.508 e. The first-order valence-electron chi connectivity index (χ1n) is 9.39. The van der Waals surface area contributed by atoms with Gasteiger partial charge in [-0.2, -0.15) is 0 Å². The summed E-state index contributed by atoms with van der Waals surface area (Å²) in [4.78, 5) is 19.6. The van der Waals surface area contributed by atoms with Crippen LogP contribution in [0.25, 0.3) is 16.5 Å². The zero-order chi connectivity index (χ0) is 18.6. The van der Waals surface area contributed by atoms with E-state index in [1.54, 1.807) is 18.2 Å². The minimum atomic E-state index is -0.0658. The number of para-hydroxylation sites is 1. The summed E-state index contributed by atoms with van der Waals surface area (Å²) in [5.74, 6) is 1.05. The number of phenols is 1. The van der Waals surface area contributed by atoms with Gasteiger partial charge >= 0.3 is 0 Å². The number of nitrogens with zero attached hydrogens (tertiary/aromatic N) is 1. The van der Waals surface area contributed by atoms with Gasteiger partial charge in [0.2, 0.25) is 0 Å². The summed E-state index contributed by atoms with van der Waals surface area (Å²) in [6.45, 7) is 0.853. The second kappa shape index (κ2) is 7.76. The molecule has 0 aliphatic carbocycles. The van der Waals surface area contributed by atoms with Crippen LogP contribution in [0, 0.1) is 0 Å². The summed E-state index contributed by atoms with van der Waals surface area (Å²) in [5, 5.41) is 13.6. The number of phenolic OH excluding ortho intramolecular Hbond substituents is 1. The highest BCUT2D eigenvalue weighted by Crippen LogP contribution is 2.25. The highest BCUT2D eigenvalue weighted by atomic mass is 16.3. The summed E-state index contributed by atoms with van der Waals surface area (Å²) in [6.07, 6.45) is 5.92. The number of hydrogen-bond acceptors (Lipinski definition) is 4. The van der Waals surface area contributed by atoms with Crippen LogP contribution >= 0.6 is 0 Å². The Morgan fingerprint density at radius 1 is 1.11 bits per heavy atom. The molecule has 0 spiro atoms. The van der Waals surface area contributed by atoms with Crippen LogP contribution in [0.5, 0.6) is 5.75 Å². The zero-order valence-electron chi connectivity index (χ0n) is 15.1. The number of aromatic hydroxyl groups is 1. The maximum atomic E-state index is 12.2. The zero-order valence-corrected chi connectivity index (χ0v) is 15.1. The number of benzene rings is 2. The Hall–Kier alpha value is -2.92. The largest absolute Gasteiger partial charge is 0.508 e. The summed E-state index contributed by atoms with van der Waals surface area (Å²) in [6, 6.07) is 15.2. The molecule has 1 aliphatic rings. The van der Waals surface area contributed by atoms with Crippen LogP contribution in [0.15, 0.2) is 59.4 Å². The molecule has 2 aromatic carbocycles. The molecule has 4 rings (SSSR count). The molecule has 138 valence electrons. The van der Waals surface area contributed by atoms with Crippen molar-refractivity contribution < 1.29 is 5.11 Å². The van der Waals surface area contributed by atoms with Crippen molar-refractivity contribution in [3.8, 4) is 5.75 Å². The van der Waals surface area contributed by atoms with Crippen molar-refractivity contribution in [2.24, 2.45) is 0 Å². The topological polar surface area (TPSA) is 78.0 Å². The first-order chi connectivity index (χ1) is 13.2. The standard InChI is InChI=1S/C22H23N3O2/c26-18-10-8-15(9-11-18)16-12-13-23-17(14-16)4-3-7-21-24-20-6-2-1-5-19(20)22(27)25-21/h1-2,5-6,8-12,17,23,26H,3-4,7,13-14H2,(H,24,25,27). The van der Waals surface area contributed by atoms with Crippen molar-refractivity contribution in [1.29, 1.82) is 0 Å². The van der Waals surface area contributed by atoms with E-state index in [-0.39, 0.29) is 5.56 Å². The molecule has 3 N–H and O–H groups in total. The van der Waals surface area contributed by atoms with Crippen molar-refractivity contribution in [3.05, 3.63) is 76.3 Å². The number of H-pyrrole nitrogens is 1. The lowest BCUT2D eigenvalue weighted by atomic mass is 9.93. The van der Waals surface area contributed by atoms with E-state index in [0.717, 1.165) is 43.6 Å². The maximum absolute atomic E-state index is 12.2. The van der Waals surface area contributed by atoms with Crippen molar-refractivity contribution in [2.75, 3.05) is 6.54 Å². The Labute approximate surface area is 157 Å². The Bertz CT molecular complexity index is 1020. The SMILES string of the molecule is O=c1[nH]c(CCCC2CC(c3ccc(O)cc3)=CCN2)nc2ccccc12. The Morgan fingerprint density at radius 2 is 1.93 bits per heavy atom. The van der Waals surface area contributed by atoms with Crippen LogP contribution in [0.2, 0.25) is 0 Å². The van der Waals surface area contributed by atoms with Gasteiger partial charge < -0.3 is 15.4 Å². The summed E-state index contributed by atoms with van der Waals surface area (Å²) in [5.41, 5.74) is 3.17. The number of fused-ring (bicyclic) bond motifs is 1. The van der Waals surface area contributed by atoms with Gasteiger partial charge in [-0.1, -0.05) is 30.3 Å². The second-order valence-electron chi connectivity index (χ2n) is 7.01. The Morgan fingerprint density at radius 3 is 2.78 bits per heavy atom. The molecular formula is C22H23N3O2. The van der Waals surface area contributed by atoms with Crippen LogP contribution in [0.3, 0.4) is 0 Å². The lowest BCUT2D eigenvalue weighted by Gasteiger charge is -2.24. The van der Waals surface area contributed by atoms with Crippen LogP contribution in [-0.2, 0) is 6.42 Å². The molecule has 1 aromatic heterocycles. The van der Waals surface area contributed by atoms with Crippen molar-refractivity contribution in [1.82, 2.24) is 15.3 Å². The number of aromatic amines is 1. The molecular weight excluding hydrogens is 338 g/mol. The van der Waals surface area contributed by atoms with E-state index in [4.69, 9.17) is 0 Å². The molecule has 5 heteroatoms. The van der Waals surface area contributed by atoms with Gasteiger partial charge in [0, 0.05) is 19.0 Å². The third-order valence-corrected chi connectivity index (χ3v) is 5.09. The van der Waals surface area contributed by atoms with E-state index < -0.39 is 0 Å². The van der Waals surface area contributed by atoms with Crippen molar-refractivity contribution >= 4 is 16.5 Å². The predicted molar refractivity (Wildman–Crippen MR) is 108 cm³/mol. The second-order valence-corrected chi connectivity index (χ2v) is 7.01. The van der Waals surface area contributed by atoms with Gasteiger partial charge in [-0.15, -0.1) is 0 Å². The van der Waals surface area contributed by atoms with Gasteiger partial charge in [-0.3, -0.25) is 4.79 Å². The van der Waals surface area contributed by atoms with Gasteiger partial charge in [-0.05, 0) is 54.7 Å². The maximum Gasteiger partial charge on any atom is 0.258 e. The minimum absolute atomic E-state index is 0.0658. The van der Waals surface area contributed by atoms with Crippen LogP contribution in [-0.4, -0.2) is 27.7 Å². The number of hydrogen-bond donors (Lipinski definition) is 3. The molecule has 0 fully saturated rings. The summed E-state index contributed by atoms with van der Waals surface area (Å²) < 4.78 is 0. The third kappa shape index (κ3) is 4.09. The summed E-state index contributed by atoms with van der Waals surface area (Å²) >= 11 is 0. The smallest absolute Gasteiger partial charge is 0.258 e. The van der Waals surface area contributed by atoms with Gasteiger partial charge in [0.1, 0.15) is 11.6 Å². The fourth-order valence-corrected chi connectivity index (χ4v) is 3.65. The van der Waals surface area contributed by atoms with E-state index in [1.807, 2.05) is 30.3 Å². The van der Waals surface area contributed by atoms with E-state index >= 15 is 0 Å². The van der Waals surface area contributed by atoms with E-state index in [9.17, 15) is 9.90 Å². The molecule has 1 aliphatic heterocycles. The summed E-state index contributed by atoms with van der Waals surface area (Å²) in [7, 11) is 0. The monoisotopic (exact) mass is 361 g/mol. The number of nitrogens with one attached hydrogen (secondary N) is 2. The molecule has 5 nitrogen and oxygen atoms in total. The average molecular weight is 361 g/mol. The van der Waals surface area contributed by atoms with E-state index in [1.165, 1.54) is 11.1 Å². The van der Waals surface area contributed by atoms with E-state index in [0.29, 0.717) is 17.2 Å². The number of aryl methyl sites for hydroxylation is 1. The fraction of sp³-hybridized carbons (Fsp3) is 0.273. The molecule has 1 atom stereocenters. The molecule has 0 saturated heterocycles. The highest BCUT2D eigenvalue weighted by molar-refractivity contribution is 5.77. The predicted octanol–water partition coefficient (Wildman–Crippen LogP) is 3.40. The fourth-order valence-electron chi connectivity index (χ4n) is 3.65. The van der Waals surface area contributed by atoms with Crippen molar-refractivity contribution in [2.45, 2.75) is 31.7 Å². The molecule has 0 amide bonds. The lowest BCUT2D eigenvalue weighted by molar-refractivity contribution is 0.475. The molecule has 0 saturated carbocycles. The van der Waals surface area contributed by atoms with Crippen molar-refractivity contribution in [3.63, 3.8) is 0 Å². The lowest BCUT2D eigenvalue weighted by Crippen LogP contribution is -2.33. The quantitative estimate of drug-likeness (QED) is 0.651. The molecule has 27 heavy (non-hydrogen) atoms. The Kier molecular flexibility index (Phi) is 5.03. The average Bonchev–Trinajstić information content (AvgIpc) is 2.69. The van der Waals surface area contributed by atoms with Gasteiger partial charge in [0.05, 0.1) is 10.9 Å². The molecule has 1 unspecified atom stereocenters. The third-order valence-electron chi connectivity index (χ3n) is 5.09. The molecule has 0 bridgehead atoms. The van der Waals surface area contributed by atoms with Gasteiger partial charge in [-0.25, -0.2) is 4.98 Å². The first kappa shape index (κ1) is 17.5. The van der Waals surface area contributed by atoms with Gasteiger partial charge in [0.25, 0.3) is 5.56 Å². The van der Waals surface area contributed by atoms with Crippen LogP contribution in [0.1, 0.15) is 30.7 Å². The van der Waals surface area contributed by atoms with Crippen LogP contribution < -0.4 is 10.9 Å². The highest BCUT2D eigenvalue weighted by Gasteiger charge is 2.16. The molecule has 3 aromatic rings. The first-order valence-corrected chi connectivity index (χ1v) is 9.39. The number of rotatable bonds is 5. The van der Waals surface area contributed by atoms with Crippen LogP contribution in [0.4, 0.5) is 0 Å². The van der Waals surface area contributed by atoms with Gasteiger partial charge in [0.15, 0.2) is 0 Å². The van der Waals surface area contributed by atoms with E-state index in [2.05, 4.69) is 21.4 Å². The normalized spacial score (nSPS) is 17.0. The number of aromatic nitrogens is 2. The molecule has 2 heterocycles. The molecule has 0 radical (unpaired) electrons. The Balaban J connectivity index is 1.36.